The van der Waals surface area contributed by atoms with Gasteiger partial charge < -0.3 is 8.79 Å². The Bertz CT molecular complexity index is 2540. The van der Waals surface area contributed by atoms with Crippen LogP contribution in [-0.2, 0) is 21.7 Å². The SMILES string of the molecule is CC(C)(C)c1ccc(C2=CC(c3ccc(C(C)(C)C)cc3)=N/C2=C(/c2ccccc2)c2c(-c3ccc(C(C)(C)C)cc3)cc(-c3ccc(C(C)(C)C)cc3)n2BF)cc1. The largest absolute Gasteiger partial charge is 0.449 e. The predicted octanol–water partition coefficient (Wildman–Crippen LogP) is 14.4. The molecule has 6 aromatic rings. The Hall–Kier alpha value is -5.48. The molecule has 2 heterocycles. The Kier molecular flexibility index (Phi) is 11.0. The maximum Gasteiger partial charge on any atom is 0.449 e. The summed E-state index contributed by atoms with van der Waals surface area (Å²) < 4.78 is 18.1. The summed E-state index contributed by atoms with van der Waals surface area (Å²) in [5.74, 6) is 0. The summed E-state index contributed by atoms with van der Waals surface area (Å²) in [5.41, 5.74) is 16.3. The molecule has 1 aromatic heterocycles. The van der Waals surface area contributed by atoms with Crippen molar-refractivity contribution in [2.75, 3.05) is 0 Å². The zero-order valence-corrected chi connectivity index (χ0v) is 37.3. The standard InChI is InChI=1S/C55H60BFN2/c1-52(2,3)41-26-18-36(19-27-41)45-34-47(38-22-30-43(31-23-38)54(7,8)9)58-50(45)49(40-16-14-13-15-17-40)51-46(37-20-28-42(29-21-37)53(4,5)6)35-48(59(51)56-57)39-24-32-44(33-25-39)55(10,11)12/h13-35,56H,1-12H3/b50-49-. The van der Waals surface area contributed by atoms with Crippen molar-refractivity contribution in [3.63, 3.8) is 0 Å². The van der Waals surface area contributed by atoms with Crippen LogP contribution in [0.4, 0.5) is 4.32 Å². The van der Waals surface area contributed by atoms with E-state index >= 15 is 4.32 Å². The van der Waals surface area contributed by atoms with Crippen LogP contribution in [0.25, 0.3) is 33.5 Å². The minimum absolute atomic E-state index is 0.00426. The lowest BCUT2D eigenvalue weighted by atomic mass is 9.85. The first-order valence-electron chi connectivity index (χ1n) is 21.1. The van der Waals surface area contributed by atoms with Gasteiger partial charge in [0.05, 0.1) is 11.4 Å². The van der Waals surface area contributed by atoms with Crippen LogP contribution in [0.1, 0.15) is 128 Å². The van der Waals surface area contributed by atoms with Gasteiger partial charge in [-0.1, -0.05) is 210 Å². The number of allylic oxidation sites excluding steroid dienone is 2. The molecule has 0 bridgehead atoms. The molecule has 0 fully saturated rings. The molecule has 0 radical (unpaired) electrons. The Balaban J connectivity index is 1.56. The van der Waals surface area contributed by atoms with Crippen LogP contribution in [-0.4, -0.2) is 17.9 Å². The van der Waals surface area contributed by atoms with Gasteiger partial charge in [0.15, 0.2) is 0 Å². The number of rotatable bonds is 7. The van der Waals surface area contributed by atoms with Crippen LogP contribution >= 0.6 is 0 Å². The lowest BCUT2D eigenvalue weighted by molar-refractivity contribution is 0.590. The van der Waals surface area contributed by atoms with Crippen molar-refractivity contribution >= 4 is 24.5 Å². The second kappa shape index (κ2) is 15.6. The zero-order valence-electron chi connectivity index (χ0n) is 37.3. The van der Waals surface area contributed by atoms with E-state index in [9.17, 15) is 0 Å². The van der Waals surface area contributed by atoms with Gasteiger partial charge in [0.1, 0.15) is 0 Å². The first kappa shape index (κ1) is 41.7. The van der Waals surface area contributed by atoms with Gasteiger partial charge in [0.2, 0.25) is 0 Å². The molecule has 0 N–H and O–H groups in total. The number of halogens is 1. The molecule has 1 aliphatic rings. The van der Waals surface area contributed by atoms with Crippen molar-refractivity contribution in [3.05, 3.63) is 190 Å². The molecular formula is C55H60BFN2. The lowest BCUT2D eigenvalue weighted by Gasteiger charge is -2.21. The highest BCUT2D eigenvalue weighted by Gasteiger charge is 2.30. The van der Waals surface area contributed by atoms with Crippen LogP contribution < -0.4 is 0 Å². The molecule has 0 aliphatic carbocycles. The third-order valence-electron chi connectivity index (χ3n) is 11.7. The third-order valence-corrected chi connectivity index (χ3v) is 11.7. The normalized spacial score (nSPS) is 14.6. The van der Waals surface area contributed by atoms with Gasteiger partial charge >= 0.3 is 7.69 Å². The Labute approximate surface area is 354 Å². The van der Waals surface area contributed by atoms with E-state index in [2.05, 4.69) is 217 Å². The zero-order chi connectivity index (χ0) is 42.5. The fourth-order valence-corrected chi connectivity index (χ4v) is 7.95. The highest BCUT2D eigenvalue weighted by Crippen LogP contribution is 2.45. The lowest BCUT2D eigenvalue weighted by Crippen LogP contribution is -2.12. The maximum atomic E-state index is 16.3. The van der Waals surface area contributed by atoms with Gasteiger partial charge in [0.25, 0.3) is 0 Å². The molecule has 4 heteroatoms. The van der Waals surface area contributed by atoms with Gasteiger partial charge in [-0.2, -0.15) is 0 Å². The van der Waals surface area contributed by atoms with Crippen LogP contribution in [0.5, 0.6) is 0 Å². The predicted molar refractivity (Wildman–Crippen MR) is 254 cm³/mol. The van der Waals surface area contributed by atoms with Crippen molar-refractivity contribution in [1.82, 2.24) is 4.48 Å². The fourth-order valence-electron chi connectivity index (χ4n) is 7.95. The number of aliphatic imine (C=N–C) groups is 1. The van der Waals surface area contributed by atoms with Crippen molar-refractivity contribution in [2.24, 2.45) is 4.99 Å². The molecule has 5 aromatic carbocycles. The molecule has 0 unspecified atom stereocenters. The number of hydrogen-bond donors (Lipinski definition) is 0. The molecule has 0 amide bonds. The van der Waals surface area contributed by atoms with Crippen LogP contribution in [0, 0.1) is 0 Å². The molecule has 1 aliphatic heterocycles. The summed E-state index contributed by atoms with van der Waals surface area (Å²) in [6.45, 7) is 26.8. The smallest absolute Gasteiger partial charge is 0.358 e. The Morgan fingerprint density at radius 1 is 0.492 bits per heavy atom. The first-order valence-corrected chi connectivity index (χ1v) is 21.1. The molecule has 59 heavy (non-hydrogen) atoms. The highest BCUT2D eigenvalue weighted by atomic mass is 19.1. The summed E-state index contributed by atoms with van der Waals surface area (Å²) in [6, 6.07) is 47.8. The second-order valence-electron chi connectivity index (χ2n) is 20.3. The van der Waals surface area contributed by atoms with Crippen molar-refractivity contribution in [1.29, 1.82) is 0 Å². The number of nitrogens with zero attached hydrogens (tertiary/aromatic N) is 2. The third kappa shape index (κ3) is 8.65. The van der Waals surface area contributed by atoms with E-state index in [1.54, 1.807) is 0 Å². The van der Waals surface area contributed by atoms with Gasteiger partial charge in [-0.15, -0.1) is 0 Å². The van der Waals surface area contributed by atoms with Crippen LogP contribution in [0.2, 0.25) is 0 Å². The minimum atomic E-state index is -0.709. The second-order valence-corrected chi connectivity index (χ2v) is 20.3. The molecule has 0 atom stereocenters. The molecule has 7 rings (SSSR count). The molecule has 2 nitrogen and oxygen atoms in total. The van der Waals surface area contributed by atoms with E-state index in [4.69, 9.17) is 4.99 Å². The fraction of sp³-hybridized carbons (Fsp3) is 0.291. The first-order chi connectivity index (χ1) is 27.7. The Morgan fingerprint density at radius 2 is 0.898 bits per heavy atom. The van der Waals surface area contributed by atoms with Crippen molar-refractivity contribution in [3.8, 4) is 22.4 Å². The summed E-state index contributed by atoms with van der Waals surface area (Å²) >= 11 is 0. The summed E-state index contributed by atoms with van der Waals surface area (Å²) in [7, 11) is -0.709. The van der Waals surface area contributed by atoms with E-state index in [1.165, 1.54) is 22.3 Å². The van der Waals surface area contributed by atoms with E-state index in [-0.39, 0.29) is 21.7 Å². The molecule has 300 valence electrons. The summed E-state index contributed by atoms with van der Waals surface area (Å²) in [5, 5.41) is 0. The van der Waals surface area contributed by atoms with Crippen LogP contribution in [0.3, 0.4) is 0 Å². The number of benzene rings is 5. The van der Waals surface area contributed by atoms with Crippen LogP contribution in [0.15, 0.2) is 150 Å². The average Bonchev–Trinajstić information content (AvgIpc) is 3.80. The minimum Gasteiger partial charge on any atom is -0.358 e. The van der Waals surface area contributed by atoms with E-state index < -0.39 is 7.69 Å². The number of hydrogen-bond acceptors (Lipinski definition) is 1. The highest BCUT2D eigenvalue weighted by molar-refractivity contribution is 6.28. The van der Waals surface area contributed by atoms with Crippen molar-refractivity contribution in [2.45, 2.75) is 105 Å². The van der Waals surface area contributed by atoms with E-state index in [0.29, 0.717) is 0 Å². The van der Waals surface area contributed by atoms with Gasteiger partial charge in [-0.05, 0) is 78.3 Å². The van der Waals surface area contributed by atoms with Crippen molar-refractivity contribution < 1.29 is 4.32 Å². The maximum absolute atomic E-state index is 16.3. The molecule has 0 saturated carbocycles. The molecular weight excluding hydrogens is 718 g/mol. The van der Waals surface area contributed by atoms with E-state index in [0.717, 1.165) is 67.3 Å². The van der Waals surface area contributed by atoms with Gasteiger partial charge in [0, 0.05) is 33.7 Å². The monoisotopic (exact) mass is 778 g/mol. The van der Waals surface area contributed by atoms with Gasteiger partial charge in [-0.3, -0.25) is 0 Å². The van der Waals surface area contributed by atoms with Gasteiger partial charge in [-0.25, -0.2) is 4.99 Å². The van der Waals surface area contributed by atoms with E-state index in [1.807, 2.05) is 10.5 Å². The quantitative estimate of drug-likeness (QED) is 0.144. The average molecular weight is 779 g/mol. The molecule has 0 spiro atoms. The Morgan fingerprint density at radius 3 is 1.32 bits per heavy atom. The number of aromatic nitrogens is 1. The summed E-state index contributed by atoms with van der Waals surface area (Å²) in [4.78, 5) is 5.58. The topological polar surface area (TPSA) is 17.3 Å². The molecule has 0 saturated heterocycles. The summed E-state index contributed by atoms with van der Waals surface area (Å²) in [6.07, 6.45) is 2.23.